The van der Waals surface area contributed by atoms with Crippen LogP contribution >= 0.6 is 0 Å². The molecule has 3 rings (SSSR count). The maximum Gasteiger partial charge on any atom is 0.193 e. The van der Waals surface area contributed by atoms with Crippen molar-refractivity contribution in [3.63, 3.8) is 0 Å². The molecule has 0 fully saturated rings. The third-order valence-corrected chi connectivity index (χ3v) is 4.12. The normalized spacial score (nSPS) is 11.3. The lowest BCUT2D eigenvalue weighted by molar-refractivity contribution is 0.281. The summed E-state index contributed by atoms with van der Waals surface area (Å²) in [5.41, 5.74) is 2.14. The van der Waals surface area contributed by atoms with Crippen LogP contribution in [0.25, 0.3) is 5.69 Å². The van der Waals surface area contributed by atoms with Gasteiger partial charge in [0.2, 0.25) is 0 Å². The molecule has 0 saturated carbocycles. The van der Waals surface area contributed by atoms with Gasteiger partial charge in [0, 0.05) is 32.4 Å². The fourth-order valence-corrected chi connectivity index (χ4v) is 2.66. The Balaban J connectivity index is 1.48. The van der Waals surface area contributed by atoms with E-state index in [1.165, 1.54) is 0 Å². The minimum absolute atomic E-state index is 0.590. The molecule has 0 radical (unpaired) electrons. The molecule has 3 aromatic rings. The lowest BCUT2D eigenvalue weighted by Crippen LogP contribution is -2.40. The van der Waals surface area contributed by atoms with Gasteiger partial charge in [-0.2, -0.15) is 5.10 Å². The Hall–Kier alpha value is -3.28. The second-order valence-corrected chi connectivity index (χ2v) is 6.11. The van der Waals surface area contributed by atoms with Crippen LogP contribution in [-0.4, -0.2) is 47.9 Å². The van der Waals surface area contributed by atoms with Gasteiger partial charge in [-0.3, -0.25) is 4.99 Å². The van der Waals surface area contributed by atoms with E-state index in [1.807, 2.05) is 89.7 Å². The summed E-state index contributed by atoms with van der Waals surface area (Å²) in [4.78, 5) is 6.39. The molecular weight excluding hydrogens is 338 g/mol. The molecule has 6 heteroatoms. The molecule has 6 nitrogen and oxygen atoms in total. The van der Waals surface area contributed by atoms with Crippen LogP contribution in [0.1, 0.15) is 5.56 Å². The first-order chi connectivity index (χ1) is 13.3. The van der Waals surface area contributed by atoms with Crippen molar-refractivity contribution in [2.45, 2.75) is 6.54 Å². The number of rotatable bonds is 7. The Morgan fingerprint density at radius 1 is 1.11 bits per heavy atom. The number of nitrogens with one attached hydrogen (secondary N) is 1. The number of para-hydroxylation sites is 2. The van der Waals surface area contributed by atoms with Crippen LogP contribution in [-0.2, 0) is 6.54 Å². The number of hydrogen-bond donors (Lipinski definition) is 1. The zero-order chi connectivity index (χ0) is 18.9. The zero-order valence-electron chi connectivity index (χ0n) is 15.7. The van der Waals surface area contributed by atoms with Crippen molar-refractivity contribution in [3.05, 3.63) is 78.6 Å². The lowest BCUT2D eigenvalue weighted by atomic mass is 10.3. The van der Waals surface area contributed by atoms with E-state index in [-0.39, 0.29) is 0 Å². The van der Waals surface area contributed by atoms with E-state index in [0.717, 1.165) is 29.5 Å². The van der Waals surface area contributed by atoms with Gasteiger partial charge < -0.3 is 15.0 Å². The van der Waals surface area contributed by atoms with Gasteiger partial charge in [0.25, 0.3) is 0 Å². The van der Waals surface area contributed by atoms with Crippen LogP contribution < -0.4 is 10.1 Å². The van der Waals surface area contributed by atoms with Crippen molar-refractivity contribution >= 4 is 5.96 Å². The third-order valence-electron chi connectivity index (χ3n) is 4.12. The van der Waals surface area contributed by atoms with E-state index in [0.29, 0.717) is 13.2 Å². The van der Waals surface area contributed by atoms with Crippen LogP contribution in [0.15, 0.2) is 78.0 Å². The summed E-state index contributed by atoms with van der Waals surface area (Å²) in [5, 5.41) is 7.79. The monoisotopic (exact) mass is 363 g/mol. The van der Waals surface area contributed by atoms with Gasteiger partial charge in [0.1, 0.15) is 12.4 Å². The minimum Gasteiger partial charge on any atom is -0.492 e. The molecule has 1 N–H and O–H groups in total. The minimum atomic E-state index is 0.590. The molecular formula is C21H25N5O. The van der Waals surface area contributed by atoms with Gasteiger partial charge in [-0.1, -0.05) is 36.4 Å². The third kappa shape index (κ3) is 5.34. The highest BCUT2D eigenvalue weighted by Crippen LogP contribution is 2.09. The molecule has 0 aliphatic rings. The van der Waals surface area contributed by atoms with Crippen LogP contribution in [0.5, 0.6) is 5.75 Å². The van der Waals surface area contributed by atoms with Gasteiger partial charge in [-0.25, -0.2) is 4.68 Å². The summed E-state index contributed by atoms with van der Waals surface area (Å²) in [6, 6.07) is 19.9. The number of likely N-dealkylation sites (N-methyl/N-ethyl adjacent to an activating group) is 1. The Kier molecular flexibility index (Phi) is 6.46. The summed E-state index contributed by atoms with van der Waals surface area (Å²) < 4.78 is 7.62. The van der Waals surface area contributed by atoms with Crippen LogP contribution in [0.2, 0.25) is 0 Å². The Morgan fingerprint density at radius 3 is 2.52 bits per heavy atom. The molecule has 0 aliphatic carbocycles. The molecule has 0 amide bonds. The van der Waals surface area contributed by atoms with Gasteiger partial charge in [-0.05, 0) is 24.3 Å². The van der Waals surface area contributed by atoms with Crippen molar-refractivity contribution in [2.75, 3.05) is 27.2 Å². The van der Waals surface area contributed by atoms with E-state index in [1.54, 1.807) is 7.05 Å². The number of aliphatic imine (C=N–C) groups is 1. The van der Waals surface area contributed by atoms with Crippen LogP contribution in [0.3, 0.4) is 0 Å². The predicted octanol–water partition coefficient (Wildman–Crippen LogP) is 2.96. The molecule has 1 aromatic heterocycles. The Labute approximate surface area is 160 Å². The highest BCUT2D eigenvalue weighted by atomic mass is 16.5. The molecule has 0 spiro atoms. The SMILES string of the molecule is CN=C(NCc1cnn(-c2ccccc2)c1)N(C)CCOc1ccccc1. The molecule has 0 atom stereocenters. The molecule has 0 aliphatic heterocycles. The fraction of sp³-hybridized carbons (Fsp3) is 0.238. The quantitative estimate of drug-likeness (QED) is 0.518. The van der Waals surface area contributed by atoms with Gasteiger partial charge >= 0.3 is 0 Å². The molecule has 2 aromatic carbocycles. The number of guanidine groups is 1. The van der Waals surface area contributed by atoms with E-state index in [4.69, 9.17) is 4.74 Å². The molecule has 0 unspecified atom stereocenters. The van der Waals surface area contributed by atoms with Crippen molar-refractivity contribution < 1.29 is 4.74 Å². The summed E-state index contributed by atoms with van der Waals surface area (Å²) in [6.07, 6.45) is 3.89. The highest BCUT2D eigenvalue weighted by molar-refractivity contribution is 5.79. The molecule has 140 valence electrons. The molecule has 27 heavy (non-hydrogen) atoms. The topological polar surface area (TPSA) is 54.7 Å². The Bertz CT molecular complexity index is 845. The number of aromatic nitrogens is 2. The first-order valence-electron chi connectivity index (χ1n) is 8.95. The molecule has 0 saturated heterocycles. The first-order valence-corrected chi connectivity index (χ1v) is 8.95. The summed E-state index contributed by atoms with van der Waals surface area (Å²) in [6.45, 7) is 1.98. The summed E-state index contributed by atoms with van der Waals surface area (Å²) in [7, 11) is 3.78. The number of benzene rings is 2. The first kappa shape index (κ1) is 18.5. The number of hydrogen-bond acceptors (Lipinski definition) is 3. The molecule has 1 heterocycles. The number of nitrogens with zero attached hydrogens (tertiary/aromatic N) is 4. The van der Waals surface area contributed by atoms with E-state index in [9.17, 15) is 0 Å². The van der Waals surface area contributed by atoms with Gasteiger partial charge in [-0.15, -0.1) is 0 Å². The largest absolute Gasteiger partial charge is 0.492 e. The lowest BCUT2D eigenvalue weighted by Gasteiger charge is -2.22. The number of ether oxygens (including phenoxy) is 1. The van der Waals surface area contributed by atoms with Gasteiger partial charge in [0.05, 0.1) is 18.4 Å². The average Bonchev–Trinajstić information content (AvgIpc) is 3.19. The van der Waals surface area contributed by atoms with E-state index < -0.39 is 0 Å². The smallest absolute Gasteiger partial charge is 0.193 e. The van der Waals surface area contributed by atoms with E-state index in [2.05, 4.69) is 15.4 Å². The Morgan fingerprint density at radius 2 is 1.81 bits per heavy atom. The van der Waals surface area contributed by atoms with E-state index >= 15 is 0 Å². The standard InChI is InChI=1S/C21H25N5O/c1-22-21(25(2)13-14-27-20-11-7-4-8-12-20)23-15-18-16-24-26(17-18)19-9-5-3-6-10-19/h3-12,16-17H,13-15H2,1-2H3,(H,22,23). The van der Waals surface area contributed by atoms with Crippen LogP contribution in [0.4, 0.5) is 0 Å². The zero-order valence-corrected chi connectivity index (χ0v) is 15.7. The van der Waals surface area contributed by atoms with Crippen molar-refractivity contribution in [3.8, 4) is 11.4 Å². The summed E-state index contributed by atoms with van der Waals surface area (Å²) >= 11 is 0. The average molecular weight is 363 g/mol. The van der Waals surface area contributed by atoms with Crippen LogP contribution in [0, 0.1) is 0 Å². The second kappa shape index (κ2) is 9.43. The second-order valence-electron chi connectivity index (χ2n) is 6.11. The predicted molar refractivity (Wildman–Crippen MR) is 108 cm³/mol. The van der Waals surface area contributed by atoms with Crippen molar-refractivity contribution in [2.24, 2.45) is 4.99 Å². The maximum atomic E-state index is 5.75. The van der Waals surface area contributed by atoms with Gasteiger partial charge in [0.15, 0.2) is 5.96 Å². The van der Waals surface area contributed by atoms with Crippen molar-refractivity contribution in [1.82, 2.24) is 20.0 Å². The van der Waals surface area contributed by atoms with Crippen molar-refractivity contribution in [1.29, 1.82) is 0 Å². The molecule has 0 bridgehead atoms. The highest BCUT2D eigenvalue weighted by Gasteiger charge is 2.07. The fourth-order valence-electron chi connectivity index (χ4n) is 2.66. The summed E-state index contributed by atoms with van der Waals surface area (Å²) in [5.74, 6) is 1.70. The maximum absolute atomic E-state index is 5.75.